The van der Waals surface area contributed by atoms with Crippen LogP contribution in [-0.2, 0) is 9.59 Å². The molecule has 33 heavy (non-hydrogen) atoms. The summed E-state index contributed by atoms with van der Waals surface area (Å²) in [4.78, 5) is 25.8. The van der Waals surface area contributed by atoms with Crippen molar-refractivity contribution in [2.45, 2.75) is 44.6 Å². The molecular weight excluding hydrogens is 420 g/mol. The lowest BCUT2D eigenvalue weighted by molar-refractivity contribution is -0.137. The maximum Gasteiger partial charge on any atom is 0.303 e. The number of hydrogen-bond acceptors (Lipinski definition) is 6. The first-order valence-electron chi connectivity index (χ1n) is 11.5. The average Bonchev–Trinajstić information content (AvgIpc) is 3.47. The van der Waals surface area contributed by atoms with Crippen LogP contribution in [0.1, 0.15) is 50.5 Å². The topological polar surface area (TPSA) is 109 Å². The Kier molecular flexibility index (Phi) is 7.34. The van der Waals surface area contributed by atoms with E-state index in [1.807, 2.05) is 43.4 Å². The Hall–Kier alpha value is -3.26. The molecule has 2 N–H and O–H groups in total. The van der Waals surface area contributed by atoms with E-state index >= 15 is 0 Å². The zero-order valence-corrected chi connectivity index (χ0v) is 18.9. The fourth-order valence-electron chi connectivity index (χ4n) is 4.31. The number of carbonyl (C=O) groups is 2. The predicted molar refractivity (Wildman–Crippen MR) is 124 cm³/mol. The van der Waals surface area contributed by atoms with Crippen LogP contribution in [-0.4, -0.2) is 52.2 Å². The normalized spacial score (nSPS) is 17.3. The number of fused-ring (bicyclic) bond motifs is 1. The van der Waals surface area contributed by atoms with E-state index in [4.69, 9.17) is 9.52 Å². The second-order valence-corrected chi connectivity index (χ2v) is 8.81. The molecule has 2 aromatic carbocycles. The van der Waals surface area contributed by atoms with Crippen molar-refractivity contribution in [3.8, 4) is 11.5 Å². The van der Waals surface area contributed by atoms with Gasteiger partial charge in [-0.15, -0.1) is 10.2 Å². The fraction of sp³-hybridized carbons (Fsp3) is 0.440. The molecule has 174 valence electrons. The Balaban J connectivity index is 1.48. The van der Waals surface area contributed by atoms with Crippen molar-refractivity contribution in [1.82, 2.24) is 20.4 Å². The van der Waals surface area contributed by atoms with E-state index in [-0.39, 0.29) is 18.2 Å². The van der Waals surface area contributed by atoms with Crippen LogP contribution in [0.15, 0.2) is 46.9 Å². The predicted octanol–water partition coefficient (Wildman–Crippen LogP) is 4.03. The number of likely N-dealkylation sites (tertiary alicyclic amines) is 1. The minimum atomic E-state index is -0.790. The molecule has 0 bridgehead atoms. The van der Waals surface area contributed by atoms with Crippen molar-refractivity contribution in [2.75, 3.05) is 20.1 Å². The lowest BCUT2D eigenvalue weighted by Gasteiger charge is -2.18. The standard InChI is InChI=1S/C25H30N4O4/c1-29-14-13-20(16-29)23(32)26-21(9-3-2-4-10-22(30)31)25-28-27-24(33-25)19-12-11-17-7-5-6-8-18(17)15-19/h5-8,11-12,15,20-21H,2-4,9-10,13-14,16H2,1H3,(H,26,32)(H,30,31)/t20-,21+/m1/s1. The Bertz CT molecular complexity index is 1110. The highest BCUT2D eigenvalue weighted by Crippen LogP contribution is 2.27. The van der Waals surface area contributed by atoms with Gasteiger partial charge in [-0.25, -0.2) is 0 Å². The van der Waals surface area contributed by atoms with Crippen molar-refractivity contribution in [3.63, 3.8) is 0 Å². The maximum atomic E-state index is 12.9. The van der Waals surface area contributed by atoms with Gasteiger partial charge < -0.3 is 19.7 Å². The zero-order chi connectivity index (χ0) is 23.2. The van der Waals surface area contributed by atoms with E-state index in [0.717, 1.165) is 48.7 Å². The summed E-state index contributed by atoms with van der Waals surface area (Å²) in [5.41, 5.74) is 0.830. The smallest absolute Gasteiger partial charge is 0.303 e. The number of benzene rings is 2. The van der Waals surface area contributed by atoms with Crippen LogP contribution in [0.4, 0.5) is 0 Å². The van der Waals surface area contributed by atoms with Crippen molar-refractivity contribution < 1.29 is 19.1 Å². The molecule has 0 saturated carbocycles. The van der Waals surface area contributed by atoms with Crippen molar-refractivity contribution in [2.24, 2.45) is 5.92 Å². The highest BCUT2D eigenvalue weighted by atomic mass is 16.4. The van der Waals surface area contributed by atoms with Crippen molar-refractivity contribution >= 4 is 22.6 Å². The first-order chi connectivity index (χ1) is 16.0. The van der Waals surface area contributed by atoms with E-state index in [1.165, 1.54) is 0 Å². The highest BCUT2D eigenvalue weighted by Gasteiger charge is 2.29. The minimum absolute atomic E-state index is 0.000316. The largest absolute Gasteiger partial charge is 0.481 e. The molecule has 1 amide bonds. The highest BCUT2D eigenvalue weighted by molar-refractivity contribution is 5.86. The summed E-state index contributed by atoms with van der Waals surface area (Å²) in [6.07, 6.45) is 3.73. The number of aromatic nitrogens is 2. The van der Waals surface area contributed by atoms with Crippen molar-refractivity contribution in [1.29, 1.82) is 0 Å². The molecule has 4 rings (SSSR count). The number of amides is 1. The summed E-state index contributed by atoms with van der Waals surface area (Å²) in [5, 5.41) is 22.7. The number of carboxylic acids is 1. The second-order valence-electron chi connectivity index (χ2n) is 8.81. The SMILES string of the molecule is CN1CC[C@@H](C(=O)N[C@@H](CCCCCC(=O)O)c2nnc(-c3ccc4ccccc4c3)o2)C1. The van der Waals surface area contributed by atoms with E-state index in [2.05, 4.69) is 26.5 Å². The summed E-state index contributed by atoms with van der Waals surface area (Å²) in [7, 11) is 2.01. The van der Waals surface area contributed by atoms with Gasteiger partial charge in [0.15, 0.2) is 0 Å². The molecular formula is C25H30N4O4. The Labute approximate surface area is 193 Å². The quantitative estimate of drug-likeness (QED) is 0.449. The summed E-state index contributed by atoms with van der Waals surface area (Å²) < 4.78 is 6.02. The van der Waals surface area contributed by atoms with Gasteiger partial charge >= 0.3 is 5.97 Å². The molecule has 0 unspecified atom stereocenters. The molecule has 1 aliphatic heterocycles. The number of nitrogens with one attached hydrogen (secondary N) is 1. The molecule has 1 fully saturated rings. The third-order valence-electron chi connectivity index (χ3n) is 6.20. The number of carbonyl (C=O) groups excluding carboxylic acids is 1. The molecule has 8 heteroatoms. The average molecular weight is 451 g/mol. The number of nitrogens with zero attached hydrogens (tertiary/aromatic N) is 3. The van der Waals surface area contributed by atoms with Gasteiger partial charge in [-0.3, -0.25) is 9.59 Å². The molecule has 3 aromatic rings. The summed E-state index contributed by atoms with van der Waals surface area (Å²) in [5.74, 6) is -0.0348. The number of carboxylic acid groups (broad SMARTS) is 1. The molecule has 0 spiro atoms. The number of aliphatic carboxylic acids is 1. The van der Waals surface area contributed by atoms with Crippen LogP contribution >= 0.6 is 0 Å². The lowest BCUT2D eigenvalue weighted by atomic mass is 10.0. The molecule has 0 aliphatic carbocycles. The minimum Gasteiger partial charge on any atom is -0.481 e. The first-order valence-corrected chi connectivity index (χ1v) is 11.5. The zero-order valence-electron chi connectivity index (χ0n) is 18.9. The lowest BCUT2D eigenvalue weighted by Crippen LogP contribution is -2.35. The molecule has 1 aromatic heterocycles. The Morgan fingerprint density at radius 3 is 2.73 bits per heavy atom. The van der Waals surface area contributed by atoms with Crippen LogP contribution < -0.4 is 5.32 Å². The number of hydrogen-bond donors (Lipinski definition) is 2. The van der Waals surface area contributed by atoms with E-state index in [1.54, 1.807) is 0 Å². The van der Waals surface area contributed by atoms with Crippen LogP contribution in [0.3, 0.4) is 0 Å². The molecule has 1 aliphatic rings. The van der Waals surface area contributed by atoms with Crippen LogP contribution in [0, 0.1) is 5.92 Å². The van der Waals surface area contributed by atoms with Gasteiger partial charge in [0, 0.05) is 18.5 Å². The van der Waals surface area contributed by atoms with E-state index in [0.29, 0.717) is 24.6 Å². The van der Waals surface area contributed by atoms with Gasteiger partial charge in [-0.2, -0.15) is 0 Å². The monoisotopic (exact) mass is 450 g/mol. The van der Waals surface area contributed by atoms with Crippen LogP contribution in [0.25, 0.3) is 22.2 Å². The van der Waals surface area contributed by atoms with Gasteiger partial charge in [0.1, 0.15) is 6.04 Å². The number of unbranched alkanes of at least 4 members (excludes halogenated alkanes) is 2. The molecule has 2 heterocycles. The third kappa shape index (κ3) is 5.96. The Morgan fingerprint density at radius 1 is 1.15 bits per heavy atom. The maximum absolute atomic E-state index is 12.9. The molecule has 1 saturated heterocycles. The fourth-order valence-corrected chi connectivity index (χ4v) is 4.31. The number of rotatable bonds is 10. The van der Waals surface area contributed by atoms with Crippen LogP contribution in [0.2, 0.25) is 0 Å². The van der Waals surface area contributed by atoms with Crippen molar-refractivity contribution in [3.05, 3.63) is 48.4 Å². The van der Waals surface area contributed by atoms with E-state index < -0.39 is 12.0 Å². The third-order valence-corrected chi connectivity index (χ3v) is 6.20. The van der Waals surface area contributed by atoms with Gasteiger partial charge in [0.25, 0.3) is 0 Å². The van der Waals surface area contributed by atoms with Gasteiger partial charge in [-0.05, 0) is 55.8 Å². The second kappa shape index (κ2) is 10.6. The first kappa shape index (κ1) is 22.9. The van der Waals surface area contributed by atoms with Crippen LogP contribution in [0.5, 0.6) is 0 Å². The Morgan fingerprint density at radius 2 is 1.97 bits per heavy atom. The summed E-state index contributed by atoms with van der Waals surface area (Å²) in [6, 6.07) is 13.7. The summed E-state index contributed by atoms with van der Waals surface area (Å²) in [6.45, 7) is 1.65. The molecule has 8 nitrogen and oxygen atoms in total. The van der Waals surface area contributed by atoms with Gasteiger partial charge in [-0.1, -0.05) is 43.2 Å². The molecule has 2 atom stereocenters. The van der Waals surface area contributed by atoms with E-state index in [9.17, 15) is 9.59 Å². The molecule has 0 radical (unpaired) electrons. The van der Waals surface area contributed by atoms with Gasteiger partial charge in [0.2, 0.25) is 17.7 Å². The summed E-state index contributed by atoms with van der Waals surface area (Å²) >= 11 is 0. The van der Waals surface area contributed by atoms with Gasteiger partial charge in [0.05, 0.1) is 5.92 Å².